The molecule has 4 heteroatoms. The molecule has 2 unspecified atom stereocenters. The van der Waals surface area contributed by atoms with Crippen LogP contribution in [0.4, 0.5) is 0 Å². The number of pyridine rings is 1. The van der Waals surface area contributed by atoms with Gasteiger partial charge in [-0.3, -0.25) is 14.7 Å². The van der Waals surface area contributed by atoms with Crippen LogP contribution in [0.15, 0.2) is 24.5 Å². The molecule has 1 aromatic heterocycles. The van der Waals surface area contributed by atoms with Crippen LogP contribution in [0, 0.1) is 0 Å². The third-order valence-corrected chi connectivity index (χ3v) is 3.35. The van der Waals surface area contributed by atoms with E-state index in [1.165, 1.54) is 0 Å². The maximum absolute atomic E-state index is 12.2. The molecule has 0 aliphatic carbocycles. The number of likely N-dealkylation sites (tertiary alicyclic amines) is 1. The molecule has 92 valence electrons. The topological polar surface area (TPSA) is 53.4 Å². The average molecular weight is 234 g/mol. The van der Waals surface area contributed by atoms with Crippen LogP contribution in [0.1, 0.15) is 36.5 Å². The zero-order valence-electron chi connectivity index (χ0n) is 10.0. The highest BCUT2D eigenvalue weighted by atomic mass is 16.3. The van der Waals surface area contributed by atoms with Crippen molar-refractivity contribution in [3.63, 3.8) is 0 Å². The molecular formula is C13H18N2O2. The van der Waals surface area contributed by atoms with Crippen molar-refractivity contribution < 1.29 is 9.90 Å². The van der Waals surface area contributed by atoms with Crippen LogP contribution in [-0.2, 0) is 0 Å². The summed E-state index contributed by atoms with van der Waals surface area (Å²) in [5.41, 5.74) is 0.658. The van der Waals surface area contributed by atoms with Gasteiger partial charge in [0.05, 0.1) is 6.04 Å². The van der Waals surface area contributed by atoms with Crippen molar-refractivity contribution in [1.82, 2.24) is 9.88 Å². The highest BCUT2D eigenvalue weighted by Gasteiger charge is 2.29. The fraction of sp³-hybridized carbons (Fsp3) is 0.538. The van der Waals surface area contributed by atoms with Gasteiger partial charge in [-0.25, -0.2) is 0 Å². The Morgan fingerprint density at radius 1 is 1.47 bits per heavy atom. The van der Waals surface area contributed by atoms with Gasteiger partial charge in [0.15, 0.2) is 5.78 Å². The molecule has 0 spiro atoms. The molecule has 1 N–H and O–H groups in total. The van der Waals surface area contributed by atoms with Crippen molar-refractivity contribution in [2.24, 2.45) is 0 Å². The maximum Gasteiger partial charge on any atom is 0.179 e. The summed E-state index contributed by atoms with van der Waals surface area (Å²) in [4.78, 5) is 18.0. The Kier molecular flexibility index (Phi) is 3.86. The molecule has 0 amide bonds. The van der Waals surface area contributed by atoms with Gasteiger partial charge >= 0.3 is 0 Å². The predicted molar refractivity (Wildman–Crippen MR) is 64.6 cm³/mol. The van der Waals surface area contributed by atoms with Crippen LogP contribution in [0.25, 0.3) is 0 Å². The van der Waals surface area contributed by atoms with Gasteiger partial charge in [0.1, 0.15) is 6.23 Å². The van der Waals surface area contributed by atoms with Crippen molar-refractivity contribution in [1.29, 1.82) is 0 Å². The highest BCUT2D eigenvalue weighted by Crippen LogP contribution is 2.19. The Morgan fingerprint density at radius 2 is 2.18 bits per heavy atom. The summed E-state index contributed by atoms with van der Waals surface area (Å²) < 4.78 is 0. The lowest BCUT2D eigenvalue weighted by Gasteiger charge is -2.35. The van der Waals surface area contributed by atoms with E-state index in [-0.39, 0.29) is 11.8 Å². The normalized spacial score (nSPS) is 23.3. The van der Waals surface area contributed by atoms with E-state index in [9.17, 15) is 9.90 Å². The molecule has 2 atom stereocenters. The molecular weight excluding hydrogens is 216 g/mol. The zero-order valence-corrected chi connectivity index (χ0v) is 10.0. The summed E-state index contributed by atoms with van der Waals surface area (Å²) in [5, 5.41) is 9.90. The summed E-state index contributed by atoms with van der Waals surface area (Å²) >= 11 is 0. The van der Waals surface area contributed by atoms with Crippen LogP contribution in [0.2, 0.25) is 0 Å². The Morgan fingerprint density at radius 3 is 2.82 bits per heavy atom. The second-order valence-electron chi connectivity index (χ2n) is 4.49. The lowest BCUT2D eigenvalue weighted by Crippen LogP contribution is -2.48. The Labute approximate surface area is 101 Å². The molecule has 0 radical (unpaired) electrons. The van der Waals surface area contributed by atoms with Crippen molar-refractivity contribution in [3.8, 4) is 0 Å². The maximum atomic E-state index is 12.2. The van der Waals surface area contributed by atoms with E-state index >= 15 is 0 Å². The lowest BCUT2D eigenvalue weighted by atomic mass is 10.0. The molecule has 1 fully saturated rings. The minimum Gasteiger partial charge on any atom is -0.378 e. The largest absolute Gasteiger partial charge is 0.378 e. The van der Waals surface area contributed by atoms with Crippen molar-refractivity contribution >= 4 is 5.78 Å². The Bertz CT molecular complexity index is 380. The molecule has 17 heavy (non-hydrogen) atoms. The molecule has 1 aromatic rings. The number of Topliss-reactive ketones (excluding diaryl/α,β-unsaturated/α-hetero) is 1. The number of piperidine rings is 1. The van der Waals surface area contributed by atoms with Gasteiger partial charge in [-0.2, -0.15) is 0 Å². The van der Waals surface area contributed by atoms with E-state index in [1.54, 1.807) is 24.5 Å². The first-order chi connectivity index (χ1) is 8.20. The number of aromatic nitrogens is 1. The first kappa shape index (κ1) is 12.2. The smallest absolute Gasteiger partial charge is 0.179 e. The van der Waals surface area contributed by atoms with Crippen LogP contribution >= 0.6 is 0 Å². The number of aliphatic hydroxyl groups is 1. The minimum atomic E-state index is -0.482. The molecule has 2 rings (SSSR count). The number of carbonyl (C=O) groups excluding carboxylic acids is 1. The third-order valence-electron chi connectivity index (χ3n) is 3.35. The molecule has 2 heterocycles. The number of ketones is 1. The molecule has 0 bridgehead atoms. The second-order valence-corrected chi connectivity index (χ2v) is 4.49. The van der Waals surface area contributed by atoms with Gasteiger partial charge < -0.3 is 5.11 Å². The summed E-state index contributed by atoms with van der Waals surface area (Å²) in [6.45, 7) is 2.65. The van der Waals surface area contributed by atoms with Crippen LogP contribution < -0.4 is 0 Å². The summed E-state index contributed by atoms with van der Waals surface area (Å²) in [6.07, 6.45) is 5.59. The van der Waals surface area contributed by atoms with Gasteiger partial charge in [0.2, 0.25) is 0 Å². The van der Waals surface area contributed by atoms with Gasteiger partial charge in [-0.1, -0.05) is 0 Å². The number of rotatable bonds is 3. The standard InChI is InChI=1S/C13H18N2O2/c1-10(15-9-3-2-4-12(15)16)13(17)11-5-7-14-8-6-11/h5-8,10,12,16H,2-4,9H2,1H3. The summed E-state index contributed by atoms with van der Waals surface area (Å²) in [6, 6.07) is 3.16. The Balaban J connectivity index is 2.09. The SMILES string of the molecule is CC(C(=O)c1ccncc1)N1CCCCC1O. The average Bonchev–Trinajstić information content (AvgIpc) is 2.39. The van der Waals surface area contributed by atoms with Crippen LogP contribution in [0.3, 0.4) is 0 Å². The van der Waals surface area contributed by atoms with Crippen LogP contribution in [-0.4, -0.2) is 39.6 Å². The number of aliphatic hydroxyl groups excluding tert-OH is 1. The molecule has 1 aliphatic heterocycles. The number of nitrogens with zero attached hydrogens (tertiary/aromatic N) is 2. The second kappa shape index (κ2) is 5.38. The monoisotopic (exact) mass is 234 g/mol. The van der Waals surface area contributed by atoms with Gasteiger partial charge in [0, 0.05) is 24.5 Å². The lowest BCUT2D eigenvalue weighted by molar-refractivity contribution is -0.0397. The minimum absolute atomic E-state index is 0.0494. The van der Waals surface area contributed by atoms with Gasteiger partial charge in [-0.05, 0) is 38.3 Å². The first-order valence-corrected chi connectivity index (χ1v) is 6.08. The van der Waals surface area contributed by atoms with Crippen molar-refractivity contribution in [2.45, 2.75) is 38.5 Å². The van der Waals surface area contributed by atoms with E-state index in [2.05, 4.69) is 4.98 Å². The van der Waals surface area contributed by atoms with Crippen LogP contribution in [0.5, 0.6) is 0 Å². The van der Waals surface area contributed by atoms with Gasteiger partial charge in [0.25, 0.3) is 0 Å². The molecule has 1 saturated heterocycles. The van der Waals surface area contributed by atoms with E-state index in [0.29, 0.717) is 5.56 Å². The highest BCUT2D eigenvalue weighted by molar-refractivity contribution is 5.99. The number of hydrogen-bond acceptors (Lipinski definition) is 4. The zero-order chi connectivity index (χ0) is 12.3. The van der Waals surface area contributed by atoms with E-state index in [0.717, 1.165) is 25.8 Å². The van der Waals surface area contributed by atoms with Crippen molar-refractivity contribution in [2.75, 3.05) is 6.54 Å². The fourth-order valence-electron chi connectivity index (χ4n) is 2.30. The molecule has 0 saturated carbocycles. The number of hydrogen-bond donors (Lipinski definition) is 1. The molecule has 4 nitrogen and oxygen atoms in total. The van der Waals surface area contributed by atoms with Crippen molar-refractivity contribution in [3.05, 3.63) is 30.1 Å². The van der Waals surface area contributed by atoms with E-state index < -0.39 is 6.23 Å². The third kappa shape index (κ3) is 2.70. The first-order valence-electron chi connectivity index (χ1n) is 6.08. The molecule has 0 aromatic carbocycles. The fourth-order valence-corrected chi connectivity index (χ4v) is 2.30. The molecule has 1 aliphatic rings. The number of carbonyl (C=O) groups is 1. The summed E-state index contributed by atoms with van der Waals surface area (Å²) in [5.74, 6) is 0.0494. The predicted octanol–water partition coefficient (Wildman–Crippen LogP) is 1.46. The quantitative estimate of drug-likeness (QED) is 0.804. The Hall–Kier alpha value is -1.26. The summed E-state index contributed by atoms with van der Waals surface area (Å²) in [7, 11) is 0. The van der Waals surface area contributed by atoms with Gasteiger partial charge in [-0.15, -0.1) is 0 Å². The van der Waals surface area contributed by atoms with E-state index in [4.69, 9.17) is 0 Å². The van der Waals surface area contributed by atoms with E-state index in [1.807, 2.05) is 11.8 Å².